The van der Waals surface area contributed by atoms with Gasteiger partial charge in [0.15, 0.2) is 0 Å². The van der Waals surface area contributed by atoms with Crippen LogP contribution in [0.1, 0.15) is 28.8 Å². The minimum Gasteiger partial charge on any atom is -0.491 e. The Kier molecular flexibility index (Phi) is 4.43. The summed E-state index contributed by atoms with van der Waals surface area (Å²) in [4.78, 5) is 13.9. The van der Waals surface area contributed by atoms with Crippen molar-refractivity contribution in [3.8, 4) is 5.75 Å². The number of rotatable bonds is 5. The van der Waals surface area contributed by atoms with Gasteiger partial charge in [0.25, 0.3) is 5.91 Å². The summed E-state index contributed by atoms with van der Waals surface area (Å²) >= 11 is 0. The molecule has 6 heteroatoms. The number of hydrogen-bond donors (Lipinski definition) is 3. The SMILES string of the molecule is CN(C)CCOc1cc2c(cc1C(N)=O)C1=C(CCCN1)CN2. The molecule has 2 aliphatic heterocycles. The maximum atomic E-state index is 11.8. The molecule has 0 saturated carbocycles. The first-order chi connectivity index (χ1) is 11.1. The fourth-order valence-corrected chi connectivity index (χ4v) is 3.01. The Morgan fingerprint density at radius 3 is 2.91 bits per heavy atom. The molecule has 0 spiro atoms. The summed E-state index contributed by atoms with van der Waals surface area (Å²) < 4.78 is 5.79. The van der Waals surface area contributed by atoms with Crippen LogP contribution < -0.4 is 21.1 Å². The zero-order valence-electron chi connectivity index (χ0n) is 13.7. The molecule has 0 radical (unpaired) electrons. The molecular formula is C17H24N4O2. The summed E-state index contributed by atoms with van der Waals surface area (Å²) in [6.07, 6.45) is 2.23. The van der Waals surface area contributed by atoms with Gasteiger partial charge in [-0.3, -0.25) is 4.79 Å². The molecule has 4 N–H and O–H groups in total. The number of hydrogen-bond acceptors (Lipinski definition) is 5. The molecule has 2 aliphatic rings. The zero-order valence-corrected chi connectivity index (χ0v) is 13.7. The largest absolute Gasteiger partial charge is 0.491 e. The van der Waals surface area contributed by atoms with E-state index in [4.69, 9.17) is 10.5 Å². The normalized spacial score (nSPS) is 16.3. The Labute approximate surface area is 136 Å². The van der Waals surface area contributed by atoms with Crippen molar-refractivity contribution in [3.05, 3.63) is 28.8 Å². The molecule has 0 atom stereocenters. The second-order valence-electron chi connectivity index (χ2n) is 6.27. The highest BCUT2D eigenvalue weighted by molar-refractivity contribution is 5.98. The van der Waals surface area contributed by atoms with E-state index in [-0.39, 0.29) is 0 Å². The van der Waals surface area contributed by atoms with Crippen molar-refractivity contribution in [2.24, 2.45) is 5.73 Å². The van der Waals surface area contributed by atoms with E-state index in [2.05, 4.69) is 10.6 Å². The van der Waals surface area contributed by atoms with Crippen molar-refractivity contribution in [2.75, 3.05) is 45.7 Å². The predicted molar refractivity (Wildman–Crippen MR) is 91.7 cm³/mol. The number of nitrogens with zero attached hydrogens (tertiary/aromatic N) is 1. The van der Waals surface area contributed by atoms with E-state index in [0.717, 1.165) is 49.4 Å². The second kappa shape index (κ2) is 6.50. The van der Waals surface area contributed by atoms with Crippen molar-refractivity contribution < 1.29 is 9.53 Å². The maximum absolute atomic E-state index is 11.8. The van der Waals surface area contributed by atoms with E-state index in [9.17, 15) is 4.79 Å². The van der Waals surface area contributed by atoms with Crippen LogP contribution in [0.15, 0.2) is 17.7 Å². The number of benzene rings is 1. The molecule has 0 saturated heterocycles. The van der Waals surface area contributed by atoms with Crippen LogP contribution in [0.25, 0.3) is 5.70 Å². The minimum absolute atomic E-state index is 0.436. The molecule has 0 bridgehead atoms. The Balaban J connectivity index is 1.94. The van der Waals surface area contributed by atoms with E-state index in [1.165, 1.54) is 5.57 Å². The van der Waals surface area contributed by atoms with Crippen LogP contribution in [0.4, 0.5) is 5.69 Å². The molecule has 0 aromatic heterocycles. The number of primary amides is 1. The third-order valence-electron chi connectivity index (χ3n) is 4.25. The highest BCUT2D eigenvalue weighted by Crippen LogP contribution is 2.37. The molecule has 6 nitrogen and oxygen atoms in total. The third kappa shape index (κ3) is 3.27. The van der Waals surface area contributed by atoms with E-state index in [0.29, 0.717) is 17.9 Å². The summed E-state index contributed by atoms with van der Waals surface area (Å²) in [6.45, 7) is 3.09. The molecule has 0 fully saturated rings. The first kappa shape index (κ1) is 15.7. The number of carbonyl (C=O) groups excluding carboxylic acids is 1. The number of amides is 1. The number of ether oxygens (including phenoxy) is 1. The van der Waals surface area contributed by atoms with Crippen LogP contribution in [-0.2, 0) is 0 Å². The number of anilines is 1. The predicted octanol–water partition coefficient (Wildman–Crippen LogP) is 1.25. The van der Waals surface area contributed by atoms with E-state index in [1.807, 2.05) is 31.1 Å². The molecule has 124 valence electrons. The Morgan fingerprint density at radius 2 is 2.17 bits per heavy atom. The summed E-state index contributed by atoms with van der Waals surface area (Å²) in [5.41, 5.74) is 10.5. The van der Waals surface area contributed by atoms with Crippen molar-refractivity contribution >= 4 is 17.3 Å². The lowest BCUT2D eigenvalue weighted by Crippen LogP contribution is -2.28. The van der Waals surface area contributed by atoms with Gasteiger partial charge in [-0.1, -0.05) is 0 Å². The van der Waals surface area contributed by atoms with Crippen molar-refractivity contribution in [2.45, 2.75) is 12.8 Å². The lowest BCUT2D eigenvalue weighted by molar-refractivity contribution is 0.0996. The van der Waals surface area contributed by atoms with E-state index < -0.39 is 5.91 Å². The summed E-state index contributed by atoms with van der Waals surface area (Å²) in [6, 6.07) is 3.74. The molecular weight excluding hydrogens is 292 g/mol. The highest BCUT2D eigenvalue weighted by atomic mass is 16.5. The van der Waals surface area contributed by atoms with Crippen molar-refractivity contribution in [1.29, 1.82) is 0 Å². The van der Waals surface area contributed by atoms with Gasteiger partial charge in [-0.05, 0) is 38.6 Å². The Bertz CT molecular complexity index is 652. The second-order valence-corrected chi connectivity index (χ2v) is 6.27. The molecule has 1 amide bonds. The van der Waals surface area contributed by atoms with Gasteiger partial charge < -0.3 is 26.0 Å². The van der Waals surface area contributed by atoms with Crippen molar-refractivity contribution in [3.63, 3.8) is 0 Å². The van der Waals surface area contributed by atoms with Gasteiger partial charge >= 0.3 is 0 Å². The Morgan fingerprint density at radius 1 is 1.35 bits per heavy atom. The number of nitrogens with two attached hydrogens (primary N) is 1. The fourth-order valence-electron chi connectivity index (χ4n) is 3.01. The first-order valence-electron chi connectivity index (χ1n) is 8.02. The van der Waals surface area contributed by atoms with Gasteiger partial charge in [0.2, 0.25) is 0 Å². The van der Waals surface area contributed by atoms with E-state index >= 15 is 0 Å². The van der Waals surface area contributed by atoms with Gasteiger partial charge in [-0.25, -0.2) is 0 Å². The fraction of sp³-hybridized carbons (Fsp3) is 0.471. The molecule has 0 unspecified atom stereocenters. The zero-order chi connectivity index (χ0) is 16.4. The summed E-state index contributed by atoms with van der Waals surface area (Å²) in [5.74, 6) is 0.0849. The third-order valence-corrected chi connectivity index (χ3v) is 4.25. The van der Waals surface area contributed by atoms with Gasteiger partial charge in [0.1, 0.15) is 12.4 Å². The quantitative estimate of drug-likeness (QED) is 0.762. The van der Waals surface area contributed by atoms with Gasteiger partial charge in [-0.15, -0.1) is 0 Å². The minimum atomic E-state index is -0.462. The van der Waals surface area contributed by atoms with Crippen LogP contribution >= 0.6 is 0 Å². The highest BCUT2D eigenvalue weighted by Gasteiger charge is 2.24. The number of fused-ring (bicyclic) bond motifs is 2. The maximum Gasteiger partial charge on any atom is 0.252 e. The average Bonchev–Trinajstić information content (AvgIpc) is 2.53. The van der Waals surface area contributed by atoms with Gasteiger partial charge in [0.05, 0.1) is 5.56 Å². The lowest BCUT2D eigenvalue weighted by atomic mass is 9.93. The van der Waals surface area contributed by atoms with Crippen LogP contribution in [0.3, 0.4) is 0 Å². The standard InChI is InChI=1S/C17H24N4O2/c1-21(2)6-7-23-15-9-14-12(8-13(15)17(18)22)16-11(10-20-14)4-3-5-19-16/h8-9,19-20H,3-7,10H2,1-2H3,(H2,18,22). The molecule has 1 aromatic rings. The number of likely N-dealkylation sites (N-methyl/N-ethyl adjacent to an activating group) is 1. The van der Waals surface area contributed by atoms with E-state index in [1.54, 1.807) is 0 Å². The van der Waals surface area contributed by atoms with Crippen LogP contribution in [-0.4, -0.2) is 51.1 Å². The molecule has 23 heavy (non-hydrogen) atoms. The average molecular weight is 316 g/mol. The Hall–Kier alpha value is -2.21. The first-order valence-corrected chi connectivity index (χ1v) is 8.02. The van der Waals surface area contributed by atoms with Crippen LogP contribution in [0, 0.1) is 0 Å². The summed E-state index contributed by atoms with van der Waals surface area (Å²) in [7, 11) is 3.96. The topological polar surface area (TPSA) is 79.6 Å². The van der Waals surface area contributed by atoms with Crippen molar-refractivity contribution in [1.82, 2.24) is 10.2 Å². The molecule has 3 rings (SSSR count). The molecule has 0 aliphatic carbocycles. The monoisotopic (exact) mass is 316 g/mol. The molecule has 1 aromatic carbocycles. The van der Waals surface area contributed by atoms with Crippen LogP contribution in [0.2, 0.25) is 0 Å². The van der Waals surface area contributed by atoms with Crippen LogP contribution in [0.5, 0.6) is 5.75 Å². The molecule has 2 heterocycles. The van der Waals surface area contributed by atoms with Gasteiger partial charge in [0, 0.05) is 42.6 Å². The van der Waals surface area contributed by atoms with Gasteiger partial charge in [-0.2, -0.15) is 0 Å². The number of carbonyl (C=O) groups is 1. The smallest absolute Gasteiger partial charge is 0.252 e. The summed E-state index contributed by atoms with van der Waals surface area (Å²) in [5, 5.41) is 6.89. The number of nitrogens with one attached hydrogen (secondary N) is 2. The lowest BCUT2D eigenvalue weighted by Gasteiger charge is -2.30.